The Morgan fingerprint density at radius 1 is 1.31 bits per heavy atom. The van der Waals surface area contributed by atoms with Crippen molar-refractivity contribution >= 4 is 0 Å². The second-order valence-electron chi connectivity index (χ2n) is 5.18. The van der Waals surface area contributed by atoms with Crippen LogP contribution in [-0.4, -0.2) is 28.1 Å². The van der Waals surface area contributed by atoms with Crippen molar-refractivity contribution in [1.29, 1.82) is 0 Å². The third-order valence-electron chi connectivity index (χ3n) is 4.01. The molecule has 3 rings (SSSR count). The van der Waals surface area contributed by atoms with Crippen LogP contribution in [-0.2, 0) is 6.54 Å². The monoisotopic (exact) mass is 220 g/mol. The van der Waals surface area contributed by atoms with Crippen molar-refractivity contribution in [2.75, 3.05) is 13.1 Å². The minimum atomic E-state index is 0.726. The Bertz CT molecular complexity index is 335. The molecular formula is C12H20N4. The fourth-order valence-corrected chi connectivity index (χ4v) is 3.06. The van der Waals surface area contributed by atoms with Crippen LogP contribution in [0.5, 0.6) is 0 Å². The first-order chi connectivity index (χ1) is 7.93. The molecule has 1 aliphatic carbocycles. The van der Waals surface area contributed by atoms with E-state index in [1.165, 1.54) is 37.8 Å². The summed E-state index contributed by atoms with van der Waals surface area (Å²) in [5, 5.41) is 11.8. The maximum absolute atomic E-state index is 4.26. The Hall–Kier alpha value is -0.900. The molecule has 0 spiro atoms. The first kappa shape index (κ1) is 10.3. The molecule has 0 amide bonds. The number of hydrogen-bond acceptors (Lipinski definition) is 3. The molecule has 1 aliphatic heterocycles. The largest absolute Gasteiger partial charge is 0.316 e. The van der Waals surface area contributed by atoms with Crippen LogP contribution < -0.4 is 5.32 Å². The zero-order valence-corrected chi connectivity index (χ0v) is 9.73. The number of hydrogen-bond donors (Lipinski definition) is 1. The molecule has 4 heteroatoms. The molecule has 1 saturated carbocycles. The van der Waals surface area contributed by atoms with E-state index in [2.05, 4.69) is 20.3 Å². The number of aromatic nitrogens is 3. The van der Waals surface area contributed by atoms with Gasteiger partial charge in [0, 0.05) is 12.5 Å². The van der Waals surface area contributed by atoms with Gasteiger partial charge in [0.05, 0.1) is 11.9 Å². The quantitative estimate of drug-likeness (QED) is 0.840. The second kappa shape index (κ2) is 4.53. The molecule has 2 heterocycles. The Morgan fingerprint density at radius 3 is 2.94 bits per heavy atom. The first-order valence-corrected chi connectivity index (χ1v) is 6.52. The van der Waals surface area contributed by atoms with Crippen LogP contribution in [0.3, 0.4) is 0 Å². The maximum atomic E-state index is 4.26. The molecular weight excluding hydrogens is 200 g/mol. The van der Waals surface area contributed by atoms with Gasteiger partial charge in [-0.25, -0.2) is 4.68 Å². The Morgan fingerprint density at radius 2 is 2.19 bits per heavy atom. The van der Waals surface area contributed by atoms with Crippen molar-refractivity contribution in [3.05, 3.63) is 11.9 Å². The van der Waals surface area contributed by atoms with Crippen LogP contribution in [0.25, 0.3) is 0 Å². The summed E-state index contributed by atoms with van der Waals surface area (Å²) in [7, 11) is 0. The number of nitrogens with one attached hydrogen (secondary N) is 1. The van der Waals surface area contributed by atoms with Gasteiger partial charge >= 0.3 is 0 Å². The molecule has 1 saturated heterocycles. The van der Waals surface area contributed by atoms with Crippen LogP contribution in [0.15, 0.2) is 6.20 Å². The summed E-state index contributed by atoms with van der Waals surface area (Å²) >= 11 is 0. The van der Waals surface area contributed by atoms with E-state index in [0.717, 1.165) is 31.5 Å². The fourth-order valence-electron chi connectivity index (χ4n) is 3.06. The van der Waals surface area contributed by atoms with Crippen molar-refractivity contribution in [2.45, 2.75) is 44.6 Å². The van der Waals surface area contributed by atoms with E-state index in [0.29, 0.717) is 0 Å². The summed E-state index contributed by atoms with van der Waals surface area (Å²) in [6, 6.07) is 0. The lowest BCUT2D eigenvalue weighted by atomic mass is 10.0. The normalized spacial score (nSPS) is 26.6. The molecule has 2 aliphatic rings. The zero-order valence-electron chi connectivity index (χ0n) is 9.73. The van der Waals surface area contributed by atoms with Gasteiger partial charge in [-0.05, 0) is 38.3 Å². The van der Waals surface area contributed by atoms with Crippen LogP contribution in [0, 0.1) is 5.92 Å². The average Bonchev–Trinajstić information content (AvgIpc) is 2.98. The van der Waals surface area contributed by atoms with Crippen molar-refractivity contribution < 1.29 is 0 Å². The summed E-state index contributed by atoms with van der Waals surface area (Å²) < 4.78 is 2.16. The van der Waals surface area contributed by atoms with Gasteiger partial charge in [0.2, 0.25) is 0 Å². The van der Waals surface area contributed by atoms with Gasteiger partial charge < -0.3 is 5.32 Å². The third-order valence-corrected chi connectivity index (χ3v) is 4.01. The second-order valence-corrected chi connectivity index (χ2v) is 5.18. The zero-order chi connectivity index (χ0) is 10.8. The fraction of sp³-hybridized carbons (Fsp3) is 0.833. The predicted octanol–water partition coefficient (Wildman–Crippen LogP) is 1.55. The van der Waals surface area contributed by atoms with E-state index >= 15 is 0 Å². The summed E-state index contributed by atoms with van der Waals surface area (Å²) in [6.45, 7) is 3.36. The predicted molar refractivity (Wildman–Crippen MR) is 62.2 cm³/mol. The van der Waals surface area contributed by atoms with Crippen molar-refractivity contribution in [3.63, 3.8) is 0 Å². The average molecular weight is 220 g/mol. The molecule has 4 nitrogen and oxygen atoms in total. The van der Waals surface area contributed by atoms with Gasteiger partial charge in [0.25, 0.3) is 0 Å². The number of rotatable bonds is 3. The highest BCUT2D eigenvalue weighted by atomic mass is 15.4. The highest BCUT2D eigenvalue weighted by Gasteiger charge is 2.23. The van der Waals surface area contributed by atoms with E-state index in [1.54, 1.807) is 0 Å². The Labute approximate surface area is 96.4 Å². The molecule has 2 fully saturated rings. The van der Waals surface area contributed by atoms with E-state index in [9.17, 15) is 0 Å². The van der Waals surface area contributed by atoms with Crippen molar-refractivity contribution in [3.8, 4) is 0 Å². The Kier molecular flexibility index (Phi) is 2.91. The van der Waals surface area contributed by atoms with E-state index in [-0.39, 0.29) is 0 Å². The van der Waals surface area contributed by atoms with Crippen LogP contribution in [0.1, 0.15) is 43.7 Å². The molecule has 0 bridgehead atoms. The van der Waals surface area contributed by atoms with Gasteiger partial charge in [0.1, 0.15) is 0 Å². The minimum absolute atomic E-state index is 0.726. The van der Waals surface area contributed by atoms with Gasteiger partial charge in [0.15, 0.2) is 0 Å². The first-order valence-electron chi connectivity index (χ1n) is 6.52. The molecule has 1 aromatic rings. The lowest BCUT2D eigenvalue weighted by molar-refractivity contribution is 0.420. The van der Waals surface area contributed by atoms with Gasteiger partial charge in [-0.2, -0.15) is 0 Å². The summed E-state index contributed by atoms with van der Waals surface area (Å²) in [4.78, 5) is 0. The SMILES string of the molecule is c1nnn(CC2CCNC2)c1C1CCCC1. The maximum Gasteiger partial charge on any atom is 0.0728 e. The molecule has 16 heavy (non-hydrogen) atoms. The van der Waals surface area contributed by atoms with Crippen LogP contribution >= 0.6 is 0 Å². The summed E-state index contributed by atoms with van der Waals surface area (Å²) in [5.74, 6) is 1.48. The molecule has 0 aromatic carbocycles. The van der Waals surface area contributed by atoms with E-state index in [4.69, 9.17) is 0 Å². The summed E-state index contributed by atoms with van der Waals surface area (Å²) in [5.41, 5.74) is 1.38. The van der Waals surface area contributed by atoms with Crippen LogP contribution in [0.2, 0.25) is 0 Å². The standard InChI is InChI=1S/C12H20N4/c1-2-4-11(3-1)12-8-14-15-16(12)9-10-5-6-13-7-10/h8,10-11,13H,1-7,9H2. The number of nitrogens with zero attached hydrogens (tertiary/aromatic N) is 3. The lowest BCUT2D eigenvalue weighted by Crippen LogP contribution is -2.17. The smallest absolute Gasteiger partial charge is 0.0728 e. The van der Waals surface area contributed by atoms with Crippen molar-refractivity contribution in [1.82, 2.24) is 20.3 Å². The topological polar surface area (TPSA) is 42.7 Å². The molecule has 1 N–H and O–H groups in total. The molecule has 88 valence electrons. The lowest BCUT2D eigenvalue weighted by Gasteiger charge is -2.14. The van der Waals surface area contributed by atoms with E-state index in [1.807, 2.05) is 6.20 Å². The summed E-state index contributed by atoms with van der Waals surface area (Å²) in [6.07, 6.45) is 8.68. The van der Waals surface area contributed by atoms with Gasteiger partial charge in [-0.15, -0.1) is 5.10 Å². The minimum Gasteiger partial charge on any atom is -0.316 e. The highest BCUT2D eigenvalue weighted by Crippen LogP contribution is 2.33. The van der Waals surface area contributed by atoms with E-state index < -0.39 is 0 Å². The molecule has 1 aromatic heterocycles. The van der Waals surface area contributed by atoms with Crippen molar-refractivity contribution in [2.24, 2.45) is 5.92 Å². The Balaban J connectivity index is 1.71. The van der Waals surface area contributed by atoms with Gasteiger partial charge in [-0.3, -0.25) is 0 Å². The third kappa shape index (κ3) is 1.98. The van der Waals surface area contributed by atoms with Gasteiger partial charge in [-0.1, -0.05) is 18.1 Å². The molecule has 0 radical (unpaired) electrons. The molecule has 1 atom stereocenters. The molecule has 1 unspecified atom stereocenters. The van der Waals surface area contributed by atoms with Crippen LogP contribution in [0.4, 0.5) is 0 Å². The highest BCUT2D eigenvalue weighted by molar-refractivity contribution is 5.05.